The van der Waals surface area contributed by atoms with E-state index in [4.69, 9.17) is 25.8 Å². The molecular formula is C32H36ClN5O5S. The van der Waals surface area contributed by atoms with Gasteiger partial charge in [0.1, 0.15) is 23.1 Å². The average Bonchev–Trinajstić information content (AvgIpc) is 3.65. The molecule has 5 aromatic rings. The number of amides is 1. The molecule has 0 spiro atoms. The Balaban J connectivity index is 1.37. The number of fused-ring (bicyclic) bond motifs is 2. The van der Waals surface area contributed by atoms with E-state index in [1.165, 1.54) is 16.0 Å². The third-order valence-electron chi connectivity index (χ3n) is 6.63. The largest absolute Gasteiger partial charge is 0.490 e. The van der Waals surface area contributed by atoms with Gasteiger partial charge in [0.2, 0.25) is 0 Å². The zero-order valence-corrected chi connectivity index (χ0v) is 27.1. The molecule has 1 aromatic carbocycles. The second kappa shape index (κ2) is 12.9. The van der Waals surface area contributed by atoms with Crippen LogP contribution < -0.4 is 10.1 Å². The molecule has 4 heterocycles. The van der Waals surface area contributed by atoms with Crippen molar-refractivity contribution in [3.63, 3.8) is 0 Å². The Morgan fingerprint density at radius 3 is 2.68 bits per heavy atom. The molecule has 232 valence electrons. The topological polar surface area (TPSA) is 120 Å². The van der Waals surface area contributed by atoms with Crippen molar-refractivity contribution in [3.8, 4) is 16.2 Å². The summed E-state index contributed by atoms with van der Waals surface area (Å²) in [6.07, 6.45) is 2.95. The van der Waals surface area contributed by atoms with Crippen LogP contribution in [-0.2, 0) is 15.9 Å². The number of hydrogen-bond donors (Lipinski definition) is 2. The number of benzene rings is 1. The van der Waals surface area contributed by atoms with Crippen LogP contribution in [0.4, 0.5) is 9.59 Å². The molecule has 0 saturated carbocycles. The maximum absolute atomic E-state index is 12.7. The molecule has 0 fully saturated rings. The molecule has 0 bridgehead atoms. The minimum Gasteiger partial charge on any atom is -0.490 e. The lowest BCUT2D eigenvalue weighted by Crippen LogP contribution is -2.43. The van der Waals surface area contributed by atoms with Gasteiger partial charge in [-0.2, -0.15) is 9.78 Å². The van der Waals surface area contributed by atoms with Gasteiger partial charge in [0.05, 0.1) is 34.8 Å². The second-order valence-corrected chi connectivity index (χ2v) is 13.4. The summed E-state index contributed by atoms with van der Waals surface area (Å²) < 4.78 is 19.2. The SMILES string of the molecule is Cc1nn(C(=O)OCC(C)C)c2cc(-c3cc(OC[C@@H](Cc4c[nH]c5ccccc45)NC(=O)OC(C)(C)C)cnc3Cl)sc12. The van der Waals surface area contributed by atoms with Crippen LogP contribution in [0.1, 0.15) is 45.9 Å². The molecule has 0 saturated heterocycles. The third kappa shape index (κ3) is 7.34. The van der Waals surface area contributed by atoms with Gasteiger partial charge >= 0.3 is 12.2 Å². The molecule has 44 heavy (non-hydrogen) atoms. The van der Waals surface area contributed by atoms with Crippen LogP contribution in [0.5, 0.6) is 5.75 Å². The highest BCUT2D eigenvalue weighted by Crippen LogP contribution is 2.39. The van der Waals surface area contributed by atoms with Crippen molar-refractivity contribution in [1.29, 1.82) is 0 Å². The lowest BCUT2D eigenvalue weighted by atomic mass is 10.1. The molecule has 1 amide bonds. The first-order valence-electron chi connectivity index (χ1n) is 14.4. The van der Waals surface area contributed by atoms with Crippen LogP contribution in [0.3, 0.4) is 0 Å². The maximum atomic E-state index is 12.7. The average molecular weight is 638 g/mol. The molecule has 1 atom stereocenters. The van der Waals surface area contributed by atoms with Crippen LogP contribution >= 0.6 is 22.9 Å². The summed E-state index contributed by atoms with van der Waals surface area (Å²) >= 11 is 8.00. The van der Waals surface area contributed by atoms with Crippen molar-refractivity contribution in [2.24, 2.45) is 5.92 Å². The van der Waals surface area contributed by atoms with E-state index in [0.717, 1.165) is 26.0 Å². The number of nitrogens with zero attached hydrogens (tertiary/aromatic N) is 3. The molecule has 0 aliphatic heterocycles. The monoisotopic (exact) mass is 637 g/mol. The van der Waals surface area contributed by atoms with Crippen molar-refractivity contribution in [2.45, 2.75) is 59.6 Å². The first-order chi connectivity index (χ1) is 20.9. The van der Waals surface area contributed by atoms with Crippen molar-refractivity contribution in [1.82, 2.24) is 25.1 Å². The minimum atomic E-state index is -0.643. The van der Waals surface area contributed by atoms with Gasteiger partial charge in [-0.05, 0) is 63.8 Å². The fraction of sp³-hybridized carbons (Fsp3) is 0.375. The van der Waals surface area contributed by atoms with E-state index in [0.29, 0.717) is 40.7 Å². The Morgan fingerprint density at radius 1 is 1.16 bits per heavy atom. The van der Waals surface area contributed by atoms with Crippen molar-refractivity contribution in [3.05, 3.63) is 65.2 Å². The minimum absolute atomic E-state index is 0.156. The smallest absolute Gasteiger partial charge is 0.435 e. The molecular weight excluding hydrogens is 602 g/mol. The van der Waals surface area contributed by atoms with E-state index in [1.54, 1.807) is 12.3 Å². The van der Waals surface area contributed by atoms with Crippen molar-refractivity contribution >= 4 is 56.2 Å². The van der Waals surface area contributed by atoms with E-state index in [9.17, 15) is 9.59 Å². The molecule has 12 heteroatoms. The molecule has 0 aliphatic carbocycles. The number of nitrogens with one attached hydrogen (secondary N) is 2. The quantitative estimate of drug-likeness (QED) is 0.158. The summed E-state index contributed by atoms with van der Waals surface area (Å²) in [7, 11) is 0. The Labute approximate surface area is 264 Å². The van der Waals surface area contributed by atoms with Crippen molar-refractivity contribution < 1.29 is 23.8 Å². The van der Waals surface area contributed by atoms with Gasteiger partial charge in [0.25, 0.3) is 0 Å². The molecule has 2 N–H and O–H groups in total. The summed E-state index contributed by atoms with van der Waals surface area (Å²) in [6, 6.07) is 11.3. The standard InChI is InChI=1S/C32H36ClN5O5S/c1-18(2)16-42-31(40)38-26-13-27(44-28(26)19(3)37-38)24-12-22(15-35-29(24)33)41-17-21(36-30(39)43-32(4,5)6)11-20-14-34-25-10-8-7-9-23(20)25/h7-10,12-15,18,21,34H,11,16-17H2,1-6H3,(H,36,39)/t21-/m1/s1. The maximum Gasteiger partial charge on any atom is 0.435 e. The number of hydrogen-bond acceptors (Lipinski definition) is 8. The number of alkyl carbamates (subject to hydrolysis) is 1. The number of aromatic amines is 1. The van der Waals surface area contributed by atoms with Crippen LogP contribution in [-0.4, -0.2) is 56.8 Å². The Morgan fingerprint density at radius 2 is 1.93 bits per heavy atom. The predicted octanol–water partition coefficient (Wildman–Crippen LogP) is 7.76. The number of aryl methyl sites for hydroxylation is 1. The molecule has 0 aliphatic rings. The van der Waals surface area contributed by atoms with E-state index in [2.05, 4.69) is 20.4 Å². The van der Waals surface area contributed by atoms with E-state index in [-0.39, 0.29) is 12.5 Å². The predicted molar refractivity (Wildman–Crippen MR) is 173 cm³/mol. The summed E-state index contributed by atoms with van der Waals surface area (Å²) in [5.74, 6) is 0.685. The summed E-state index contributed by atoms with van der Waals surface area (Å²) in [6.45, 7) is 11.7. The van der Waals surface area contributed by atoms with Crippen LogP contribution in [0.25, 0.3) is 31.6 Å². The number of thiophene rings is 1. The number of para-hydroxylation sites is 1. The second-order valence-electron chi connectivity index (χ2n) is 12.0. The first-order valence-corrected chi connectivity index (χ1v) is 15.6. The summed E-state index contributed by atoms with van der Waals surface area (Å²) in [5, 5.41) is 8.71. The lowest BCUT2D eigenvalue weighted by molar-refractivity contribution is 0.0487. The van der Waals surface area contributed by atoms with Crippen LogP contribution in [0.2, 0.25) is 5.15 Å². The third-order valence-corrected chi connectivity index (χ3v) is 8.19. The molecule has 5 rings (SSSR count). The fourth-order valence-electron chi connectivity index (χ4n) is 4.69. The highest BCUT2D eigenvalue weighted by molar-refractivity contribution is 7.22. The van der Waals surface area contributed by atoms with Crippen LogP contribution in [0.15, 0.2) is 48.8 Å². The number of aromatic nitrogens is 4. The number of carbonyl (C=O) groups excluding carboxylic acids is 2. The highest BCUT2D eigenvalue weighted by atomic mass is 35.5. The molecule has 0 unspecified atom stereocenters. The molecule has 4 aromatic heterocycles. The van der Waals surface area contributed by atoms with Gasteiger partial charge in [-0.3, -0.25) is 0 Å². The number of H-pyrrole nitrogens is 1. The van der Waals surface area contributed by atoms with Crippen LogP contribution in [0, 0.1) is 12.8 Å². The summed E-state index contributed by atoms with van der Waals surface area (Å²) in [4.78, 5) is 33.9. The van der Waals surface area contributed by atoms with E-state index in [1.807, 2.05) is 78.1 Å². The van der Waals surface area contributed by atoms with Gasteiger partial charge < -0.3 is 24.5 Å². The normalized spacial score (nSPS) is 12.5. The van der Waals surface area contributed by atoms with Gasteiger partial charge in [-0.15, -0.1) is 11.3 Å². The molecule has 10 nitrogen and oxygen atoms in total. The Hall–Kier alpha value is -4.09. The van der Waals surface area contributed by atoms with Gasteiger partial charge in [0, 0.05) is 27.5 Å². The van der Waals surface area contributed by atoms with Gasteiger partial charge in [0.15, 0.2) is 0 Å². The van der Waals surface area contributed by atoms with Crippen molar-refractivity contribution in [2.75, 3.05) is 13.2 Å². The molecule has 0 radical (unpaired) electrons. The summed E-state index contributed by atoms with van der Waals surface area (Å²) in [5.41, 5.74) is 3.42. The zero-order valence-electron chi connectivity index (χ0n) is 25.6. The first kappa shape index (κ1) is 31.3. The number of rotatable bonds is 9. The van der Waals surface area contributed by atoms with E-state index < -0.39 is 23.8 Å². The number of carbonyl (C=O) groups is 2. The Bertz CT molecular complexity index is 1800. The zero-order chi connectivity index (χ0) is 31.6. The van der Waals surface area contributed by atoms with Gasteiger partial charge in [-0.1, -0.05) is 43.6 Å². The highest BCUT2D eigenvalue weighted by Gasteiger charge is 2.23. The van der Waals surface area contributed by atoms with E-state index >= 15 is 0 Å². The lowest BCUT2D eigenvalue weighted by Gasteiger charge is -2.24. The number of halogens is 1. The van der Waals surface area contributed by atoms with Gasteiger partial charge in [-0.25, -0.2) is 14.6 Å². The Kier molecular flexibility index (Phi) is 9.17. The fourth-order valence-corrected chi connectivity index (χ4v) is 6.04. The number of pyridine rings is 1. The number of ether oxygens (including phenoxy) is 3.